The predicted octanol–water partition coefficient (Wildman–Crippen LogP) is 3.78. The third kappa shape index (κ3) is 2.90. The van der Waals surface area contributed by atoms with Crippen LogP contribution in [0.25, 0.3) is 0 Å². The largest absolute Gasteiger partial charge is 0.453 e. The van der Waals surface area contributed by atoms with E-state index in [1.807, 2.05) is 0 Å². The summed E-state index contributed by atoms with van der Waals surface area (Å²) < 4.78 is 42.4. The highest BCUT2D eigenvalue weighted by Gasteiger charge is 2.37. The van der Waals surface area contributed by atoms with Gasteiger partial charge in [-0.25, -0.2) is 8.78 Å². The summed E-state index contributed by atoms with van der Waals surface area (Å²) in [5.74, 6) is -2.88. The van der Waals surface area contributed by atoms with E-state index in [0.29, 0.717) is 6.92 Å². The number of hydrogen-bond donors (Lipinski definition) is 0. The molecule has 0 aromatic heterocycles. The summed E-state index contributed by atoms with van der Waals surface area (Å²) in [6.45, 7) is 0.694. The minimum absolute atomic E-state index is 0.0681. The van der Waals surface area contributed by atoms with E-state index in [1.54, 1.807) is 12.1 Å². The molecule has 1 rings (SSSR count). The second-order valence-corrected chi connectivity index (χ2v) is 3.76. The molecule has 1 atom stereocenters. The van der Waals surface area contributed by atoms with E-state index in [4.69, 9.17) is 0 Å². The molecule has 1 nitrogen and oxygen atoms in total. The van der Waals surface area contributed by atoms with Crippen LogP contribution in [0.3, 0.4) is 0 Å². The molecule has 0 N–H and O–H groups in total. The summed E-state index contributed by atoms with van der Waals surface area (Å²) in [6.07, 6.45) is -3.17. The minimum atomic E-state index is -3.17. The number of rotatable bonds is 3. The fourth-order valence-corrected chi connectivity index (χ4v) is 1.04. The molecule has 78 valence electrons. The van der Waals surface area contributed by atoms with Gasteiger partial charge in [-0.1, -0.05) is 15.9 Å². The van der Waals surface area contributed by atoms with Crippen molar-refractivity contribution in [2.24, 2.45) is 0 Å². The van der Waals surface area contributed by atoms with Crippen LogP contribution < -0.4 is 4.74 Å². The van der Waals surface area contributed by atoms with Crippen molar-refractivity contribution in [3.63, 3.8) is 0 Å². The van der Waals surface area contributed by atoms with Crippen LogP contribution in [0.2, 0.25) is 0 Å². The average molecular weight is 269 g/mol. The van der Waals surface area contributed by atoms with E-state index in [2.05, 4.69) is 20.7 Å². The summed E-state index contributed by atoms with van der Waals surface area (Å²) in [5.41, 5.74) is 0. The van der Waals surface area contributed by atoms with Gasteiger partial charge in [-0.3, -0.25) is 0 Å². The molecule has 0 fully saturated rings. The lowest BCUT2D eigenvalue weighted by Crippen LogP contribution is -2.34. The lowest BCUT2D eigenvalue weighted by Gasteiger charge is -2.20. The Kier molecular flexibility index (Phi) is 3.42. The monoisotopic (exact) mass is 268 g/mol. The van der Waals surface area contributed by atoms with E-state index < -0.39 is 12.3 Å². The maximum absolute atomic E-state index is 13.0. The van der Waals surface area contributed by atoms with Gasteiger partial charge in [0.05, 0.1) is 0 Å². The van der Waals surface area contributed by atoms with E-state index in [-0.39, 0.29) is 5.75 Å². The molecule has 0 radical (unpaired) electrons. The van der Waals surface area contributed by atoms with Crippen molar-refractivity contribution in [2.75, 3.05) is 0 Å². The zero-order chi connectivity index (χ0) is 10.8. The lowest BCUT2D eigenvalue weighted by molar-refractivity contribution is -0.152. The van der Waals surface area contributed by atoms with Crippen LogP contribution in [0.4, 0.5) is 13.2 Å². The molecule has 1 aromatic carbocycles. The molecule has 14 heavy (non-hydrogen) atoms. The Hall–Kier alpha value is -0.710. The summed E-state index contributed by atoms with van der Waals surface area (Å²) in [6, 6.07) is 5.97. The Labute approximate surface area is 88.0 Å². The molecule has 0 spiro atoms. The van der Waals surface area contributed by atoms with E-state index in [1.165, 1.54) is 12.1 Å². The van der Waals surface area contributed by atoms with Crippen LogP contribution >= 0.6 is 15.9 Å². The first-order valence-electron chi connectivity index (χ1n) is 3.83. The summed E-state index contributed by atoms with van der Waals surface area (Å²) in [7, 11) is 0. The van der Waals surface area contributed by atoms with Gasteiger partial charge < -0.3 is 4.74 Å². The summed E-state index contributed by atoms with van der Waals surface area (Å²) >= 11 is 3.16. The van der Waals surface area contributed by atoms with Crippen LogP contribution in [-0.4, -0.2) is 12.3 Å². The SMILES string of the molecule is CC(F)(Oc1ccc(Br)cc1)C(F)F. The highest BCUT2D eigenvalue weighted by Crippen LogP contribution is 2.26. The highest BCUT2D eigenvalue weighted by molar-refractivity contribution is 9.10. The first kappa shape index (κ1) is 11.4. The van der Waals surface area contributed by atoms with E-state index in [0.717, 1.165) is 4.47 Å². The van der Waals surface area contributed by atoms with Crippen LogP contribution in [-0.2, 0) is 0 Å². The molecule has 5 heteroatoms. The molecule has 0 aliphatic heterocycles. The number of benzene rings is 1. The smallest absolute Gasteiger partial charge is 0.306 e. The van der Waals surface area contributed by atoms with Crippen molar-refractivity contribution in [3.05, 3.63) is 28.7 Å². The summed E-state index contributed by atoms with van der Waals surface area (Å²) in [4.78, 5) is 0. The molecule has 0 saturated carbocycles. The molecule has 0 heterocycles. The van der Waals surface area contributed by atoms with Gasteiger partial charge in [-0.05, 0) is 24.3 Å². The minimum Gasteiger partial charge on any atom is -0.453 e. The Balaban J connectivity index is 2.74. The fourth-order valence-electron chi connectivity index (χ4n) is 0.778. The Morgan fingerprint density at radius 1 is 1.29 bits per heavy atom. The maximum Gasteiger partial charge on any atom is 0.306 e. The number of hydrogen-bond acceptors (Lipinski definition) is 1. The van der Waals surface area contributed by atoms with Crippen molar-refractivity contribution < 1.29 is 17.9 Å². The second kappa shape index (κ2) is 4.21. The molecule has 1 unspecified atom stereocenters. The van der Waals surface area contributed by atoms with Crippen LogP contribution in [0, 0.1) is 0 Å². The van der Waals surface area contributed by atoms with Gasteiger partial charge in [0.2, 0.25) is 0 Å². The molecular weight excluding hydrogens is 261 g/mol. The van der Waals surface area contributed by atoms with Crippen molar-refractivity contribution in [3.8, 4) is 5.75 Å². The maximum atomic E-state index is 13.0. The normalized spacial score (nSPS) is 15.3. The molecule has 0 aliphatic rings. The predicted molar refractivity (Wildman–Crippen MR) is 50.3 cm³/mol. The second-order valence-electron chi connectivity index (χ2n) is 2.84. The molecule has 0 bridgehead atoms. The van der Waals surface area contributed by atoms with Crippen LogP contribution in [0.15, 0.2) is 28.7 Å². The van der Waals surface area contributed by atoms with Crippen LogP contribution in [0.1, 0.15) is 6.92 Å². The van der Waals surface area contributed by atoms with Gasteiger partial charge in [0.15, 0.2) is 0 Å². The first-order valence-corrected chi connectivity index (χ1v) is 4.63. The average Bonchev–Trinajstić information content (AvgIpc) is 2.08. The van der Waals surface area contributed by atoms with E-state index in [9.17, 15) is 13.2 Å². The van der Waals surface area contributed by atoms with Crippen molar-refractivity contribution in [2.45, 2.75) is 19.2 Å². The zero-order valence-electron chi connectivity index (χ0n) is 7.31. The number of alkyl halides is 3. The topological polar surface area (TPSA) is 9.23 Å². The fraction of sp³-hybridized carbons (Fsp3) is 0.333. The van der Waals surface area contributed by atoms with Gasteiger partial charge in [0.1, 0.15) is 5.75 Å². The van der Waals surface area contributed by atoms with Crippen molar-refractivity contribution in [1.82, 2.24) is 0 Å². The Morgan fingerprint density at radius 3 is 2.21 bits per heavy atom. The molecule has 0 aliphatic carbocycles. The number of ether oxygens (including phenoxy) is 1. The molecule has 0 amide bonds. The standard InChI is InChI=1S/C9H8BrF3O/c1-9(13,8(11)12)14-7-4-2-6(10)3-5-7/h2-5,8H,1H3. The third-order valence-electron chi connectivity index (χ3n) is 1.52. The van der Waals surface area contributed by atoms with Gasteiger partial charge in [-0.2, -0.15) is 4.39 Å². The quantitative estimate of drug-likeness (QED) is 0.811. The van der Waals surface area contributed by atoms with Crippen molar-refractivity contribution >= 4 is 15.9 Å². The molecule has 1 aromatic rings. The van der Waals surface area contributed by atoms with Gasteiger partial charge in [-0.15, -0.1) is 0 Å². The van der Waals surface area contributed by atoms with Gasteiger partial charge in [0.25, 0.3) is 0 Å². The first-order chi connectivity index (χ1) is 6.42. The van der Waals surface area contributed by atoms with E-state index >= 15 is 0 Å². The molecule has 0 saturated heterocycles. The van der Waals surface area contributed by atoms with Gasteiger partial charge >= 0.3 is 12.3 Å². The third-order valence-corrected chi connectivity index (χ3v) is 2.05. The van der Waals surface area contributed by atoms with Crippen LogP contribution in [0.5, 0.6) is 5.75 Å². The van der Waals surface area contributed by atoms with Crippen molar-refractivity contribution in [1.29, 1.82) is 0 Å². The summed E-state index contributed by atoms with van der Waals surface area (Å²) in [5, 5.41) is 0. The lowest BCUT2D eigenvalue weighted by atomic mass is 10.3. The molecular formula is C9H8BrF3O. The van der Waals surface area contributed by atoms with Gasteiger partial charge in [0, 0.05) is 11.4 Å². The Bertz CT molecular complexity index is 297. The number of halogens is 4. The Morgan fingerprint density at radius 2 is 1.79 bits per heavy atom. The highest BCUT2D eigenvalue weighted by atomic mass is 79.9. The zero-order valence-corrected chi connectivity index (χ0v) is 8.89.